The van der Waals surface area contributed by atoms with Gasteiger partial charge in [0.25, 0.3) is 0 Å². The highest BCUT2D eigenvalue weighted by Gasteiger charge is 2.30. The number of carbonyl (C=O) groups excluding carboxylic acids is 2. The summed E-state index contributed by atoms with van der Waals surface area (Å²) < 4.78 is 4.59. The van der Waals surface area contributed by atoms with Crippen molar-refractivity contribution in [2.45, 2.75) is 19.4 Å². The van der Waals surface area contributed by atoms with Crippen molar-refractivity contribution in [3.63, 3.8) is 0 Å². The molecule has 0 heterocycles. The van der Waals surface area contributed by atoms with Gasteiger partial charge < -0.3 is 15.8 Å². The normalized spacial score (nSPS) is 15.2. The molecule has 1 rings (SSSR count). The Morgan fingerprint density at radius 3 is 2.47 bits per heavy atom. The van der Waals surface area contributed by atoms with Gasteiger partial charge in [0.15, 0.2) is 0 Å². The molecule has 0 fully saturated rings. The second-order valence-electron chi connectivity index (χ2n) is 4.70. The van der Waals surface area contributed by atoms with Gasteiger partial charge in [0.2, 0.25) is 5.91 Å². The van der Waals surface area contributed by atoms with E-state index in [-0.39, 0.29) is 18.4 Å². The first-order valence-electron chi connectivity index (χ1n) is 6.10. The topological polar surface area (TPSA) is 81.4 Å². The molecule has 1 amide bonds. The summed E-state index contributed by atoms with van der Waals surface area (Å²) in [5.41, 5.74) is 5.64. The first-order chi connectivity index (χ1) is 8.89. The summed E-state index contributed by atoms with van der Waals surface area (Å²) in [4.78, 5) is 23.3. The zero-order valence-electron chi connectivity index (χ0n) is 11.5. The number of amides is 1. The van der Waals surface area contributed by atoms with Gasteiger partial charge in [-0.1, -0.05) is 37.3 Å². The molecular formula is C14H20N2O3. The SMILES string of the molecule is COC(=O)C(C)CNC(=O)C(C)(N)c1ccccc1. The fraction of sp³-hybridized carbons (Fsp3) is 0.429. The summed E-state index contributed by atoms with van der Waals surface area (Å²) in [6.45, 7) is 3.52. The van der Waals surface area contributed by atoms with Gasteiger partial charge in [-0.3, -0.25) is 9.59 Å². The molecule has 0 aromatic heterocycles. The van der Waals surface area contributed by atoms with Crippen LogP contribution >= 0.6 is 0 Å². The number of ether oxygens (including phenoxy) is 1. The molecule has 1 aromatic carbocycles. The average molecular weight is 264 g/mol. The number of esters is 1. The van der Waals surface area contributed by atoms with Crippen molar-refractivity contribution in [1.29, 1.82) is 0 Å². The molecule has 0 saturated heterocycles. The molecule has 104 valence electrons. The number of carbonyl (C=O) groups is 2. The largest absolute Gasteiger partial charge is 0.469 e. The third-order valence-electron chi connectivity index (χ3n) is 3.02. The third kappa shape index (κ3) is 3.79. The maximum Gasteiger partial charge on any atom is 0.310 e. The maximum atomic E-state index is 12.1. The van der Waals surface area contributed by atoms with Crippen LogP contribution in [0.1, 0.15) is 19.4 Å². The molecule has 5 heteroatoms. The Hall–Kier alpha value is -1.88. The van der Waals surface area contributed by atoms with E-state index in [0.717, 1.165) is 5.56 Å². The number of nitrogens with two attached hydrogens (primary N) is 1. The minimum atomic E-state index is -1.13. The van der Waals surface area contributed by atoms with Crippen LogP contribution in [0.3, 0.4) is 0 Å². The molecule has 1 aromatic rings. The van der Waals surface area contributed by atoms with Crippen molar-refractivity contribution in [2.75, 3.05) is 13.7 Å². The molecule has 2 unspecified atom stereocenters. The molecule has 0 aliphatic rings. The third-order valence-corrected chi connectivity index (χ3v) is 3.02. The number of hydrogen-bond acceptors (Lipinski definition) is 4. The van der Waals surface area contributed by atoms with Crippen LogP contribution in [-0.2, 0) is 19.9 Å². The molecule has 19 heavy (non-hydrogen) atoms. The minimum Gasteiger partial charge on any atom is -0.469 e. The zero-order valence-corrected chi connectivity index (χ0v) is 11.5. The van der Waals surface area contributed by atoms with E-state index in [4.69, 9.17) is 5.73 Å². The summed E-state index contributed by atoms with van der Waals surface area (Å²) in [5.74, 6) is -1.09. The van der Waals surface area contributed by atoms with Crippen LogP contribution < -0.4 is 11.1 Å². The molecule has 0 aliphatic heterocycles. The van der Waals surface area contributed by atoms with Crippen molar-refractivity contribution < 1.29 is 14.3 Å². The van der Waals surface area contributed by atoms with E-state index >= 15 is 0 Å². The van der Waals surface area contributed by atoms with Gasteiger partial charge in [-0.2, -0.15) is 0 Å². The van der Waals surface area contributed by atoms with E-state index in [0.29, 0.717) is 0 Å². The van der Waals surface area contributed by atoms with Gasteiger partial charge in [-0.25, -0.2) is 0 Å². The number of nitrogens with one attached hydrogen (secondary N) is 1. The van der Waals surface area contributed by atoms with Crippen molar-refractivity contribution in [1.82, 2.24) is 5.32 Å². The zero-order chi connectivity index (χ0) is 14.5. The van der Waals surface area contributed by atoms with Crippen LogP contribution in [0.2, 0.25) is 0 Å². The lowest BCUT2D eigenvalue weighted by atomic mass is 9.92. The second-order valence-corrected chi connectivity index (χ2v) is 4.70. The van der Waals surface area contributed by atoms with Gasteiger partial charge in [-0.15, -0.1) is 0 Å². The van der Waals surface area contributed by atoms with Gasteiger partial charge in [0.05, 0.1) is 13.0 Å². The van der Waals surface area contributed by atoms with Crippen LogP contribution in [0.4, 0.5) is 0 Å². The summed E-state index contributed by atoms with van der Waals surface area (Å²) in [6.07, 6.45) is 0. The minimum absolute atomic E-state index is 0.200. The Kier molecular flexibility index (Phi) is 5.06. The number of hydrogen-bond donors (Lipinski definition) is 2. The summed E-state index contributed by atoms with van der Waals surface area (Å²) in [6, 6.07) is 9.10. The monoisotopic (exact) mass is 264 g/mol. The predicted molar refractivity (Wildman–Crippen MR) is 72.2 cm³/mol. The quantitative estimate of drug-likeness (QED) is 0.770. The van der Waals surface area contributed by atoms with Gasteiger partial charge >= 0.3 is 5.97 Å². The Morgan fingerprint density at radius 1 is 1.37 bits per heavy atom. The van der Waals surface area contributed by atoms with E-state index in [1.165, 1.54) is 7.11 Å². The summed E-state index contributed by atoms with van der Waals surface area (Å²) >= 11 is 0. The van der Waals surface area contributed by atoms with E-state index < -0.39 is 11.5 Å². The Morgan fingerprint density at radius 2 is 1.95 bits per heavy atom. The van der Waals surface area contributed by atoms with Gasteiger partial charge in [-0.05, 0) is 12.5 Å². The standard InChI is InChI=1S/C14H20N2O3/c1-10(12(17)19-3)9-16-13(18)14(2,15)11-7-5-4-6-8-11/h4-8,10H,9,15H2,1-3H3,(H,16,18). The van der Waals surface area contributed by atoms with Crippen LogP contribution in [0.25, 0.3) is 0 Å². The fourth-order valence-electron chi connectivity index (χ4n) is 1.63. The van der Waals surface area contributed by atoms with Crippen molar-refractivity contribution in [3.8, 4) is 0 Å². The molecule has 0 aliphatic carbocycles. The van der Waals surface area contributed by atoms with E-state index in [1.807, 2.05) is 18.2 Å². The Labute approximate surface area is 113 Å². The first kappa shape index (κ1) is 15.2. The first-order valence-corrected chi connectivity index (χ1v) is 6.10. The Bertz CT molecular complexity index is 443. The van der Waals surface area contributed by atoms with Crippen molar-refractivity contribution in [3.05, 3.63) is 35.9 Å². The van der Waals surface area contributed by atoms with Crippen LogP contribution in [-0.4, -0.2) is 25.5 Å². The summed E-state index contributed by atoms with van der Waals surface area (Å²) in [5, 5.41) is 2.67. The lowest BCUT2D eigenvalue weighted by Gasteiger charge is -2.24. The van der Waals surface area contributed by atoms with Gasteiger partial charge in [0, 0.05) is 6.54 Å². The molecule has 2 atom stereocenters. The average Bonchev–Trinajstić information content (AvgIpc) is 2.44. The predicted octanol–water partition coefficient (Wildman–Crippen LogP) is 0.786. The number of rotatable bonds is 5. The molecule has 0 spiro atoms. The highest BCUT2D eigenvalue weighted by Crippen LogP contribution is 2.17. The maximum absolute atomic E-state index is 12.1. The fourth-order valence-corrected chi connectivity index (χ4v) is 1.63. The van der Waals surface area contributed by atoms with Crippen LogP contribution in [0.15, 0.2) is 30.3 Å². The van der Waals surface area contributed by atoms with Crippen LogP contribution in [0.5, 0.6) is 0 Å². The number of benzene rings is 1. The lowest BCUT2D eigenvalue weighted by Crippen LogP contribution is -2.50. The van der Waals surface area contributed by atoms with Crippen molar-refractivity contribution in [2.24, 2.45) is 11.7 Å². The molecule has 0 saturated carbocycles. The van der Waals surface area contributed by atoms with E-state index in [9.17, 15) is 9.59 Å². The van der Waals surface area contributed by atoms with E-state index in [2.05, 4.69) is 10.1 Å². The van der Waals surface area contributed by atoms with Crippen LogP contribution in [0, 0.1) is 5.92 Å². The molecule has 5 nitrogen and oxygen atoms in total. The Balaban J connectivity index is 2.65. The number of methoxy groups -OCH3 is 1. The molecule has 3 N–H and O–H groups in total. The summed E-state index contributed by atoms with van der Waals surface area (Å²) in [7, 11) is 1.32. The lowest BCUT2D eigenvalue weighted by molar-refractivity contribution is -0.144. The highest BCUT2D eigenvalue weighted by molar-refractivity contribution is 5.87. The molecule has 0 radical (unpaired) electrons. The molecule has 0 bridgehead atoms. The van der Waals surface area contributed by atoms with Crippen molar-refractivity contribution >= 4 is 11.9 Å². The van der Waals surface area contributed by atoms with E-state index in [1.54, 1.807) is 26.0 Å². The smallest absolute Gasteiger partial charge is 0.310 e. The second kappa shape index (κ2) is 6.33. The highest BCUT2D eigenvalue weighted by atomic mass is 16.5. The molecular weight excluding hydrogens is 244 g/mol. The van der Waals surface area contributed by atoms with Gasteiger partial charge in [0.1, 0.15) is 5.54 Å².